The normalized spacial score (nSPS) is 14.4. The van der Waals surface area contributed by atoms with Crippen LogP contribution in [0.3, 0.4) is 0 Å². The molecule has 0 aliphatic carbocycles. The van der Waals surface area contributed by atoms with Gasteiger partial charge in [-0.1, -0.05) is 25.4 Å². The van der Waals surface area contributed by atoms with Crippen molar-refractivity contribution in [3.8, 4) is 5.75 Å². The van der Waals surface area contributed by atoms with Crippen LogP contribution in [0.15, 0.2) is 18.2 Å². The van der Waals surface area contributed by atoms with Crippen molar-refractivity contribution in [1.29, 1.82) is 0 Å². The molecule has 0 unspecified atom stereocenters. The number of carbonyl (C=O) groups is 1. The van der Waals surface area contributed by atoms with Crippen molar-refractivity contribution in [3.63, 3.8) is 0 Å². The van der Waals surface area contributed by atoms with E-state index in [1.807, 2.05) is 24.0 Å². The minimum Gasteiger partial charge on any atom is -0.491 e. The zero-order chi connectivity index (χ0) is 16.6. The van der Waals surface area contributed by atoms with Crippen molar-refractivity contribution in [2.45, 2.75) is 33.2 Å². The Morgan fingerprint density at radius 3 is 2.91 bits per heavy atom. The predicted molar refractivity (Wildman–Crippen MR) is 92.6 cm³/mol. The zero-order valence-electron chi connectivity index (χ0n) is 13.4. The summed E-state index contributed by atoms with van der Waals surface area (Å²) in [6.45, 7) is 7.61. The number of hydrogen-bond acceptors (Lipinski definition) is 4. The van der Waals surface area contributed by atoms with Crippen molar-refractivity contribution in [3.05, 3.63) is 44.4 Å². The average molecular weight is 351 g/mol. The third-order valence-corrected chi connectivity index (χ3v) is 5.47. The van der Waals surface area contributed by atoms with Gasteiger partial charge >= 0.3 is 0 Å². The largest absolute Gasteiger partial charge is 0.491 e. The van der Waals surface area contributed by atoms with Crippen molar-refractivity contribution in [2.24, 2.45) is 0 Å². The summed E-state index contributed by atoms with van der Waals surface area (Å²) in [5, 5.41) is 1.65. The van der Waals surface area contributed by atoms with Gasteiger partial charge in [-0.05, 0) is 25.1 Å². The number of rotatable bonds is 2. The molecule has 1 aromatic heterocycles. The Morgan fingerprint density at radius 2 is 2.22 bits per heavy atom. The summed E-state index contributed by atoms with van der Waals surface area (Å²) in [5.74, 6) is 1.14. The Morgan fingerprint density at radius 1 is 1.43 bits per heavy atom. The first-order valence-electron chi connectivity index (χ1n) is 7.63. The number of hydrogen-bond donors (Lipinski definition) is 0. The molecule has 2 heterocycles. The predicted octanol–water partition coefficient (Wildman–Crippen LogP) is 4.26. The lowest BCUT2D eigenvalue weighted by Crippen LogP contribution is -2.32. The standard InChI is InChI=1S/C17H19ClN2O2S/c1-10(2)16-19-11(3)15(23-16)17(21)20-6-7-22-14-5-4-13(18)8-12(14)9-20/h4-5,8,10H,6-7,9H2,1-3H3. The molecule has 23 heavy (non-hydrogen) atoms. The van der Waals surface area contributed by atoms with Gasteiger partial charge in [-0.25, -0.2) is 4.98 Å². The maximum absolute atomic E-state index is 12.9. The highest BCUT2D eigenvalue weighted by molar-refractivity contribution is 7.13. The fourth-order valence-electron chi connectivity index (χ4n) is 2.54. The second-order valence-electron chi connectivity index (χ2n) is 5.95. The minimum atomic E-state index is 0.0170. The van der Waals surface area contributed by atoms with E-state index in [1.165, 1.54) is 11.3 Å². The molecule has 0 radical (unpaired) electrons. The van der Waals surface area contributed by atoms with Crippen molar-refractivity contribution in [2.75, 3.05) is 13.2 Å². The Bertz CT molecular complexity index is 742. The van der Waals surface area contributed by atoms with Crippen molar-refractivity contribution >= 4 is 28.8 Å². The van der Waals surface area contributed by atoms with Crippen LogP contribution in [0.1, 0.15) is 45.7 Å². The molecule has 0 N–H and O–H groups in total. The molecule has 0 bridgehead atoms. The van der Waals surface area contributed by atoms with Crippen LogP contribution in [0.2, 0.25) is 5.02 Å². The fourth-order valence-corrected chi connectivity index (χ4v) is 3.77. The first-order chi connectivity index (χ1) is 11.0. The van der Waals surface area contributed by atoms with Crippen LogP contribution in [-0.4, -0.2) is 28.9 Å². The Kier molecular flexibility index (Phi) is 4.60. The molecule has 2 aromatic rings. The number of carbonyl (C=O) groups excluding carboxylic acids is 1. The van der Waals surface area contributed by atoms with Gasteiger partial charge in [0.25, 0.3) is 5.91 Å². The third-order valence-electron chi connectivity index (χ3n) is 3.79. The van der Waals surface area contributed by atoms with E-state index in [0.29, 0.717) is 30.6 Å². The first kappa shape index (κ1) is 16.3. The summed E-state index contributed by atoms with van der Waals surface area (Å²) >= 11 is 7.56. The quantitative estimate of drug-likeness (QED) is 0.812. The summed E-state index contributed by atoms with van der Waals surface area (Å²) in [5.41, 5.74) is 1.75. The number of amides is 1. The summed E-state index contributed by atoms with van der Waals surface area (Å²) in [4.78, 5) is 20.0. The number of aromatic nitrogens is 1. The van der Waals surface area contributed by atoms with Crippen LogP contribution in [0, 0.1) is 6.92 Å². The van der Waals surface area contributed by atoms with Crippen LogP contribution in [0.5, 0.6) is 5.75 Å². The zero-order valence-corrected chi connectivity index (χ0v) is 15.0. The summed E-state index contributed by atoms with van der Waals surface area (Å²) in [6, 6.07) is 5.53. The molecule has 1 aliphatic rings. The average Bonchev–Trinajstić information content (AvgIpc) is 2.77. The van der Waals surface area contributed by atoms with E-state index in [4.69, 9.17) is 16.3 Å². The number of thiazole rings is 1. The van der Waals surface area contributed by atoms with Crippen LogP contribution >= 0.6 is 22.9 Å². The maximum atomic E-state index is 12.9. The third kappa shape index (κ3) is 3.35. The highest BCUT2D eigenvalue weighted by Gasteiger charge is 2.25. The van der Waals surface area contributed by atoms with Crippen molar-refractivity contribution < 1.29 is 9.53 Å². The highest BCUT2D eigenvalue weighted by atomic mass is 35.5. The van der Waals surface area contributed by atoms with Gasteiger partial charge in [-0.2, -0.15) is 0 Å². The minimum absolute atomic E-state index is 0.0170. The second kappa shape index (κ2) is 6.49. The number of ether oxygens (including phenoxy) is 1. The summed E-state index contributed by atoms with van der Waals surface area (Å²) < 4.78 is 5.73. The van der Waals surface area contributed by atoms with Gasteiger partial charge in [0.15, 0.2) is 0 Å². The topological polar surface area (TPSA) is 42.4 Å². The van der Waals surface area contributed by atoms with Crippen molar-refractivity contribution in [1.82, 2.24) is 9.88 Å². The molecule has 0 saturated carbocycles. The van der Waals surface area contributed by atoms with E-state index in [-0.39, 0.29) is 5.91 Å². The lowest BCUT2D eigenvalue weighted by molar-refractivity contribution is 0.0737. The number of halogens is 1. The molecular weight excluding hydrogens is 332 g/mol. The molecule has 1 aliphatic heterocycles. The Hall–Kier alpha value is -1.59. The molecule has 6 heteroatoms. The lowest BCUT2D eigenvalue weighted by atomic mass is 10.2. The van der Waals surface area contributed by atoms with Crippen LogP contribution in [-0.2, 0) is 6.54 Å². The highest BCUT2D eigenvalue weighted by Crippen LogP contribution is 2.29. The van der Waals surface area contributed by atoms with Gasteiger partial charge in [-0.15, -0.1) is 11.3 Å². The number of benzene rings is 1. The van der Waals surface area contributed by atoms with Crippen LogP contribution in [0.25, 0.3) is 0 Å². The lowest BCUT2D eigenvalue weighted by Gasteiger charge is -2.19. The fraction of sp³-hybridized carbons (Fsp3) is 0.412. The molecule has 4 nitrogen and oxygen atoms in total. The SMILES string of the molecule is Cc1nc(C(C)C)sc1C(=O)N1CCOc2ccc(Cl)cc2C1. The maximum Gasteiger partial charge on any atom is 0.266 e. The molecule has 1 aromatic carbocycles. The van der Waals surface area contributed by atoms with Gasteiger partial charge in [0.2, 0.25) is 0 Å². The molecule has 0 spiro atoms. The monoisotopic (exact) mass is 350 g/mol. The van der Waals surface area contributed by atoms with E-state index < -0.39 is 0 Å². The van der Waals surface area contributed by atoms with Gasteiger partial charge in [0.1, 0.15) is 17.2 Å². The molecule has 0 atom stereocenters. The van der Waals surface area contributed by atoms with E-state index >= 15 is 0 Å². The molecule has 0 fully saturated rings. The van der Waals surface area contributed by atoms with Gasteiger partial charge in [0.05, 0.1) is 17.2 Å². The van der Waals surface area contributed by atoms with Gasteiger partial charge in [0, 0.05) is 23.0 Å². The Balaban J connectivity index is 1.88. The van der Waals surface area contributed by atoms with E-state index in [1.54, 1.807) is 6.07 Å². The molecular formula is C17H19ClN2O2S. The van der Waals surface area contributed by atoms with E-state index in [9.17, 15) is 4.79 Å². The van der Waals surface area contributed by atoms with Gasteiger partial charge < -0.3 is 9.64 Å². The van der Waals surface area contributed by atoms with Gasteiger partial charge in [-0.3, -0.25) is 4.79 Å². The molecule has 0 saturated heterocycles. The van der Waals surface area contributed by atoms with E-state index in [2.05, 4.69) is 18.8 Å². The first-order valence-corrected chi connectivity index (χ1v) is 8.83. The molecule has 1 amide bonds. The smallest absolute Gasteiger partial charge is 0.266 e. The summed E-state index contributed by atoms with van der Waals surface area (Å²) in [6.07, 6.45) is 0. The Labute approximate surface area is 145 Å². The number of fused-ring (bicyclic) bond motifs is 1. The molecule has 122 valence electrons. The van der Waals surface area contributed by atoms with Crippen LogP contribution < -0.4 is 4.74 Å². The van der Waals surface area contributed by atoms with E-state index in [0.717, 1.165) is 26.9 Å². The second-order valence-corrected chi connectivity index (χ2v) is 7.42. The number of aryl methyl sites for hydroxylation is 1. The number of nitrogens with zero attached hydrogens (tertiary/aromatic N) is 2. The molecule has 3 rings (SSSR count). The van der Waals surface area contributed by atoms with Crippen LogP contribution in [0.4, 0.5) is 0 Å². The summed E-state index contributed by atoms with van der Waals surface area (Å²) in [7, 11) is 0.